The van der Waals surface area contributed by atoms with Crippen LogP contribution in [0.5, 0.6) is 17.2 Å². The Morgan fingerprint density at radius 3 is 2.70 bits per heavy atom. The van der Waals surface area contributed by atoms with Crippen molar-refractivity contribution in [2.75, 3.05) is 45.5 Å². The van der Waals surface area contributed by atoms with Crippen molar-refractivity contribution >= 4 is 11.7 Å². The molecule has 12 heteroatoms. The fraction of sp³-hybridized carbons (Fsp3) is 0.412. The predicted molar refractivity (Wildman–Crippen MR) is 173 cm³/mol. The minimum Gasteiger partial charge on any atom is -0.493 e. The molecular weight excluding hydrogens is 586 g/mol. The van der Waals surface area contributed by atoms with Gasteiger partial charge in [0.2, 0.25) is 5.91 Å². The number of benzene rings is 2. The van der Waals surface area contributed by atoms with E-state index >= 15 is 0 Å². The van der Waals surface area contributed by atoms with Gasteiger partial charge in [0.1, 0.15) is 11.6 Å². The van der Waals surface area contributed by atoms with Crippen molar-refractivity contribution in [2.24, 2.45) is 0 Å². The molecule has 242 valence electrons. The highest BCUT2D eigenvalue weighted by atomic mass is 16.7. The van der Waals surface area contributed by atoms with E-state index in [-0.39, 0.29) is 24.7 Å². The maximum absolute atomic E-state index is 13.5. The molecular formula is C34H41N7O5. The summed E-state index contributed by atoms with van der Waals surface area (Å²) in [5.41, 5.74) is 4.07. The monoisotopic (exact) mass is 627 g/mol. The first-order chi connectivity index (χ1) is 22.4. The van der Waals surface area contributed by atoms with E-state index in [0.29, 0.717) is 55.8 Å². The van der Waals surface area contributed by atoms with Gasteiger partial charge in [0.05, 0.1) is 20.8 Å². The second kappa shape index (κ2) is 14.2. The third-order valence-corrected chi connectivity index (χ3v) is 8.39. The van der Waals surface area contributed by atoms with E-state index in [0.717, 1.165) is 47.0 Å². The van der Waals surface area contributed by atoms with Gasteiger partial charge in [-0.1, -0.05) is 26.0 Å². The molecule has 2 aromatic heterocycles. The number of ether oxygens (including phenoxy) is 4. The van der Waals surface area contributed by atoms with Crippen LogP contribution in [0.4, 0.5) is 5.82 Å². The van der Waals surface area contributed by atoms with Gasteiger partial charge in [-0.25, -0.2) is 15.0 Å². The van der Waals surface area contributed by atoms with Gasteiger partial charge < -0.3 is 34.1 Å². The smallest absolute Gasteiger partial charge is 0.221 e. The molecule has 2 aromatic carbocycles. The van der Waals surface area contributed by atoms with Crippen molar-refractivity contribution < 1.29 is 23.7 Å². The zero-order chi connectivity index (χ0) is 32.0. The Kier molecular flexibility index (Phi) is 9.65. The first-order valence-electron chi connectivity index (χ1n) is 15.6. The van der Waals surface area contributed by atoms with E-state index in [1.165, 1.54) is 0 Å². The third-order valence-electron chi connectivity index (χ3n) is 8.39. The van der Waals surface area contributed by atoms with Crippen LogP contribution in [0, 0.1) is 0 Å². The van der Waals surface area contributed by atoms with Gasteiger partial charge in [-0.05, 0) is 41.3 Å². The molecule has 46 heavy (non-hydrogen) atoms. The number of imidazole rings is 1. The molecule has 0 saturated carbocycles. The second-order valence-electron chi connectivity index (χ2n) is 11.9. The Hall–Kier alpha value is -4.68. The molecule has 0 radical (unpaired) electrons. The van der Waals surface area contributed by atoms with Crippen molar-refractivity contribution in [1.29, 1.82) is 0 Å². The lowest BCUT2D eigenvalue weighted by atomic mass is 10.0. The second-order valence-corrected chi connectivity index (χ2v) is 11.9. The standard InChI is InChI=1S/C34H41N7O5/c1-22(2)27-16-31(39-34(38-27)33-35-9-10-36-33)41-12-11-40(18-24-6-7-28-25(13-24)20-45-21-46-28)26(19-41)15-32(42)37-17-23-5-8-29(43-3)30(14-23)44-4/h5-10,13-14,16,22,26H,11-12,15,17-21H2,1-4H3,(H,35,36)(H,37,42). The Balaban J connectivity index is 1.22. The van der Waals surface area contributed by atoms with Crippen LogP contribution < -0.4 is 24.4 Å². The first-order valence-corrected chi connectivity index (χ1v) is 15.6. The van der Waals surface area contributed by atoms with Crippen molar-refractivity contribution in [3.63, 3.8) is 0 Å². The highest BCUT2D eigenvalue weighted by molar-refractivity contribution is 5.76. The van der Waals surface area contributed by atoms with E-state index in [2.05, 4.69) is 57.1 Å². The van der Waals surface area contributed by atoms with E-state index in [1.807, 2.05) is 24.3 Å². The van der Waals surface area contributed by atoms with Crippen molar-refractivity contribution in [2.45, 2.75) is 51.9 Å². The fourth-order valence-electron chi connectivity index (χ4n) is 5.86. The van der Waals surface area contributed by atoms with Crippen LogP contribution in [-0.4, -0.2) is 77.4 Å². The summed E-state index contributed by atoms with van der Waals surface area (Å²) in [5.74, 6) is 4.37. The molecule has 1 saturated heterocycles. The van der Waals surface area contributed by atoms with Gasteiger partial charge in [-0.2, -0.15) is 0 Å². The number of piperazine rings is 1. The van der Waals surface area contributed by atoms with Crippen molar-refractivity contribution in [3.05, 3.63) is 77.2 Å². The van der Waals surface area contributed by atoms with Crippen LogP contribution in [0.15, 0.2) is 54.9 Å². The largest absolute Gasteiger partial charge is 0.493 e. The van der Waals surface area contributed by atoms with Gasteiger partial charge in [-0.3, -0.25) is 9.69 Å². The van der Waals surface area contributed by atoms with Gasteiger partial charge >= 0.3 is 0 Å². The highest BCUT2D eigenvalue weighted by Crippen LogP contribution is 2.29. The Bertz CT molecular complexity index is 1650. The van der Waals surface area contributed by atoms with Crippen LogP contribution in [0.1, 0.15) is 48.6 Å². The number of nitrogens with zero attached hydrogens (tertiary/aromatic N) is 5. The summed E-state index contributed by atoms with van der Waals surface area (Å²) < 4.78 is 21.9. The quantitative estimate of drug-likeness (QED) is 0.249. The molecule has 1 atom stereocenters. The number of hydrogen-bond donors (Lipinski definition) is 2. The Morgan fingerprint density at radius 2 is 1.91 bits per heavy atom. The maximum Gasteiger partial charge on any atom is 0.221 e. The summed E-state index contributed by atoms with van der Waals surface area (Å²) >= 11 is 0. The number of carbonyl (C=O) groups is 1. The summed E-state index contributed by atoms with van der Waals surface area (Å²) in [7, 11) is 3.21. The number of hydrogen-bond acceptors (Lipinski definition) is 10. The molecule has 1 fully saturated rings. The van der Waals surface area contributed by atoms with Gasteiger partial charge in [-0.15, -0.1) is 0 Å². The molecule has 4 heterocycles. The summed E-state index contributed by atoms with van der Waals surface area (Å²) in [6.45, 7) is 8.28. The normalized spacial score (nSPS) is 16.5. The molecule has 1 unspecified atom stereocenters. The zero-order valence-electron chi connectivity index (χ0n) is 26.8. The lowest BCUT2D eigenvalue weighted by Gasteiger charge is -2.42. The SMILES string of the molecule is COc1ccc(CNC(=O)CC2CN(c3cc(C(C)C)nc(-c4ncc[nH]4)n3)CCN2Cc2ccc3c(c2)COCO3)cc1OC. The molecule has 1 amide bonds. The number of anilines is 1. The number of nitrogens with one attached hydrogen (secondary N) is 2. The molecule has 12 nitrogen and oxygen atoms in total. The molecule has 4 aromatic rings. The molecule has 2 N–H and O–H groups in total. The number of rotatable bonds is 11. The first kappa shape index (κ1) is 31.3. The topological polar surface area (TPSA) is 127 Å². The molecule has 2 aliphatic heterocycles. The lowest BCUT2D eigenvalue weighted by Crippen LogP contribution is -2.54. The Morgan fingerprint density at radius 1 is 1.07 bits per heavy atom. The van der Waals surface area contributed by atoms with E-state index in [4.69, 9.17) is 28.9 Å². The van der Waals surface area contributed by atoms with E-state index < -0.39 is 0 Å². The zero-order valence-corrected chi connectivity index (χ0v) is 26.8. The van der Waals surface area contributed by atoms with Gasteiger partial charge in [0.15, 0.2) is 29.9 Å². The lowest BCUT2D eigenvalue weighted by molar-refractivity contribution is -0.122. The number of carbonyl (C=O) groups excluding carboxylic acids is 1. The molecule has 2 aliphatic rings. The average molecular weight is 628 g/mol. The number of H-pyrrole nitrogens is 1. The van der Waals surface area contributed by atoms with Crippen LogP contribution in [0.25, 0.3) is 11.6 Å². The fourth-order valence-corrected chi connectivity index (χ4v) is 5.86. The van der Waals surface area contributed by atoms with Crippen LogP contribution in [0.3, 0.4) is 0 Å². The highest BCUT2D eigenvalue weighted by Gasteiger charge is 2.31. The van der Waals surface area contributed by atoms with Gasteiger partial charge in [0, 0.05) is 74.9 Å². The summed E-state index contributed by atoms with van der Waals surface area (Å²) in [4.78, 5) is 35.3. The third kappa shape index (κ3) is 7.24. The predicted octanol–water partition coefficient (Wildman–Crippen LogP) is 4.27. The molecule has 6 rings (SSSR count). The van der Waals surface area contributed by atoms with Crippen LogP contribution in [0.2, 0.25) is 0 Å². The van der Waals surface area contributed by atoms with Crippen LogP contribution >= 0.6 is 0 Å². The van der Waals surface area contributed by atoms with Gasteiger partial charge in [0.25, 0.3) is 0 Å². The number of methoxy groups -OCH3 is 2. The Labute approximate surface area is 269 Å². The number of amides is 1. The van der Waals surface area contributed by atoms with E-state index in [9.17, 15) is 4.79 Å². The summed E-state index contributed by atoms with van der Waals surface area (Å²) in [5, 5.41) is 3.12. The summed E-state index contributed by atoms with van der Waals surface area (Å²) in [6.07, 6.45) is 3.80. The van der Waals surface area contributed by atoms with Crippen molar-refractivity contribution in [3.8, 4) is 28.9 Å². The average Bonchev–Trinajstić information content (AvgIpc) is 3.63. The minimum atomic E-state index is -0.0628. The van der Waals surface area contributed by atoms with Crippen LogP contribution in [-0.2, 0) is 29.2 Å². The number of aromatic amines is 1. The number of aromatic nitrogens is 4. The summed E-state index contributed by atoms with van der Waals surface area (Å²) in [6, 6.07) is 13.9. The van der Waals surface area contributed by atoms with Crippen molar-refractivity contribution in [1.82, 2.24) is 30.2 Å². The maximum atomic E-state index is 13.5. The molecule has 0 bridgehead atoms. The number of fused-ring (bicyclic) bond motifs is 1. The minimum absolute atomic E-state index is 0.0271. The van der Waals surface area contributed by atoms with E-state index in [1.54, 1.807) is 26.6 Å². The molecule has 0 spiro atoms. The molecule has 0 aliphatic carbocycles.